The summed E-state index contributed by atoms with van der Waals surface area (Å²) in [5.74, 6) is -1.36. The summed E-state index contributed by atoms with van der Waals surface area (Å²) in [6.45, 7) is -0.314. The quantitative estimate of drug-likeness (QED) is 0.323. The van der Waals surface area contributed by atoms with Crippen molar-refractivity contribution in [2.75, 3.05) is 6.54 Å². The number of hydrogen-bond acceptors (Lipinski definition) is 3. The summed E-state index contributed by atoms with van der Waals surface area (Å²) < 4.78 is 33.0. The molecule has 0 spiro atoms. The van der Waals surface area contributed by atoms with E-state index in [0.717, 1.165) is 6.07 Å². The van der Waals surface area contributed by atoms with Gasteiger partial charge in [-0.2, -0.15) is 0 Å². The molecule has 0 fully saturated rings. The number of aliphatic imine (C=N–C) groups is 1. The molecule has 0 aliphatic carbocycles. The van der Waals surface area contributed by atoms with E-state index in [1.165, 1.54) is 12.1 Å². The summed E-state index contributed by atoms with van der Waals surface area (Å²) in [7, 11) is 0. The first-order valence-corrected chi connectivity index (χ1v) is 6.22. The number of amides is 1. The van der Waals surface area contributed by atoms with Gasteiger partial charge in [0.15, 0.2) is 17.0 Å². The van der Waals surface area contributed by atoms with Gasteiger partial charge in [0.05, 0.1) is 4.90 Å². The van der Waals surface area contributed by atoms with Gasteiger partial charge < -0.3 is 21.3 Å². The number of hydrogen-bond donors (Lipinski definition) is 4. The Labute approximate surface area is 111 Å². The highest BCUT2D eigenvalue weighted by Gasteiger charge is 2.08. The van der Waals surface area contributed by atoms with E-state index >= 15 is 0 Å². The van der Waals surface area contributed by atoms with Crippen LogP contribution in [0.25, 0.3) is 0 Å². The smallest absolute Gasteiger partial charge is 0.242 e. The van der Waals surface area contributed by atoms with Gasteiger partial charge >= 0.3 is 0 Å². The Morgan fingerprint density at radius 3 is 2.68 bits per heavy atom. The van der Waals surface area contributed by atoms with Crippen LogP contribution in [0.3, 0.4) is 0 Å². The molecule has 0 bridgehead atoms. The molecular weight excluding hydrogens is 275 g/mol. The number of nitrogens with two attached hydrogens (primary N) is 2. The normalized spacial score (nSPS) is 11.7. The summed E-state index contributed by atoms with van der Waals surface area (Å²) in [5, 5.41) is 2.41. The van der Waals surface area contributed by atoms with Gasteiger partial charge in [-0.3, -0.25) is 4.79 Å². The van der Waals surface area contributed by atoms with Gasteiger partial charge in [-0.15, -0.1) is 0 Å². The van der Waals surface area contributed by atoms with Crippen molar-refractivity contribution < 1.29 is 17.9 Å². The zero-order valence-corrected chi connectivity index (χ0v) is 10.6. The van der Waals surface area contributed by atoms with E-state index in [4.69, 9.17) is 16.0 Å². The van der Waals surface area contributed by atoms with Crippen LogP contribution in [0.5, 0.6) is 0 Å². The van der Waals surface area contributed by atoms with Crippen LogP contribution in [-0.4, -0.2) is 27.2 Å². The van der Waals surface area contributed by atoms with E-state index in [1.807, 2.05) is 0 Å². The Morgan fingerprint density at radius 1 is 1.47 bits per heavy atom. The van der Waals surface area contributed by atoms with Crippen LogP contribution in [0.4, 0.5) is 4.39 Å². The molecule has 1 aromatic carbocycles. The van der Waals surface area contributed by atoms with Crippen molar-refractivity contribution in [3.63, 3.8) is 0 Å². The average molecular weight is 288 g/mol. The first-order chi connectivity index (χ1) is 8.90. The lowest BCUT2D eigenvalue weighted by Crippen LogP contribution is -2.29. The Bertz CT molecular complexity index is 532. The standard InChI is InChI=1S/C10H13FN4O3S/c11-8-3-7(19(17)18)2-1-6(8)4-14-9(16)5-15-10(12)13/h1-3H,4-5H2,(H,14,16)(H,17,18)(H4,12,13,15). The number of carbonyl (C=O) groups excluding carboxylic acids is 1. The maximum absolute atomic E-state index is 13.5. The molecule has 0 aromatic heterocycles. The second kappa shape index (κ2) is 6.81. The molecule has 1 atom stereocenters. The summed E-state index contributed by atoms with van der Waals surface area (Å²) in [5.41, 5.74) is 10.3. The van der Waals surface area contributed by atoms with Crippen molar-refractivity contribution in [2.24, 2.45) is 16.5 Å². The van der Waals surface area contributed by atoms with Crippen LogP contribution >= 0.6 is 0 Å². The van der Waals surface area contributed by atoms with E-state index < -0.39 is 22.8 Å². The summed E-state index contributed by atoms with van der Waals surface area (Å²) in [6.07, 6.45) is 0. The molecular formula is C10H13FN4O3S. The molecule has 1 aromatic rings. The summed E-state index contributed by atoms with van der Waals surface area (Å²) in [4.78, 5) is 14.7. The average Bonchev–Trinajstić information content (AvgIpc) is 2.34. The molecule has 1 unspecified atom stereocenters. The number of rotatable bonds is 5. The monoisotopic (exact) mass is 288 g/mol. The number of benzene rings is 1. The highest BCUT2D eigenvalue weighted by atomic mass is 32.2. The molecule has 1 amide bonds. The number of guanidine groups is 1. The minimum Gasteiger partial charge on any atom is -0.370 e. The van der Waals surface area contributed by atoms with Crippen LogP contribution < -0.4 is 16.8 Å². The molecule has 0 radical (unpaired) electrons. The molecule has 1 rings (SSSR count). The van der Waals surface area contributed by atoms with Gasteiger partial charge in [-0.1, -0.05) is 6.07 Å². The van der Waals surface area contributed by atoms with Crippen LogP contribution in [0.2, 0.25) is 0 Å². The molecule has 7 nitrogen and oxygen atoms in total. The third-order valence-electron chi connectivity index (χ3n) is 2.11. The zero-order chi connectivity index (χ0) is 14.4. The highest BCUT2D eigenvalue weighted by molar-refractivity contribution is 7.79. The molecule has 104 valence electrons. The van der Waals surface area contributed by atoms with E-state index in [1.54, 1.807) is 0 Å². The largest absolute Gasteiger partial charge is 0.370 e. The fraction of sp³-hybridized carbons (Fsp3) is 0.200. The van der Waals surface area contributed by atoms with Gasteiger partial charge in [0.25, 0.3) is 0 Å². The van der Waals surface area contributed by atoms with Crippen LogP contribution in [0.1, 0.15) is 5.56 Å². The fourth-order valence-corrected chi connectivity index (χ4v) is 1.58. The van der Waals surface area contributed by atoms with Crippen molar-refractivity contribution in [1.82, 2.24) is 5.32 Å². The predicted molar refractivity (Wildman–Crippen MR) is 68.0 cm³/mol. The number of halogens is 1. The Kier molecular flexibility index (Phi) is 5.39. The molecule has 0 aliphatic rings. The molecule has 0 heterocycles. The predicted octanol–water partition coefficient (Wildman–Crippen LogP) is -0.704. The topological polar surface area (TPSA) is 131 Å². The van der Waals surface area contributed by atoms with Crippen molar-refractivity contribution in [2.45, 2.75) is 11.4 Å². The van der Waals surface area contributed by atoms with Crippen molar-refractivity contribution >= 4 is 22.9 Å². The molecule has 0 saturated heterocycles. The number of nitrogens with one attached hydrogen (secondary N) is 1. The molecule has 6 N–H and O–H groups in total. The second-order valence-electron chi connectivity index (χ2n) is 3.52. The summed E-state index contributed by atoms with van der Waals surface area (Å²) >= 11 is -2.24. The van der Waals surface area contributed by atoms with Crippen molar-refractivity contribution in [1.29, 1.82) is 0 Å². The van der Waals surface area contributed by atoms with Crippen molar-refractivity contribution in [3.05, 3.63) is 29.6 Å². The fourth-order valence-electron chi connectivity index (χ4n) is 1.19. The van der Waals surface area contributed by atoms with Crippen LogP contribution in [0, 0.1) is 5.82 Å². The zero-order valence-electron chi connectivity index (χ0n) is 9.80. The first-order valence-electron chi connectivity index (χ1n) is 5.11. The SMILES string of the molecule is NC(N)=NCC(=O)NCc1ccc(S(=O)O)cc1F. The van der Waals surface area contributed by atoms with Gasteiger partial charge in [-0.05, 0) is 12.1 Å². The van der Waals surface area contributed by atoms with Gasteiger partial charge in [0.2, 0.25) is 5.91 Å². The lowest BCUT2D eigenvalue weighted by molar-refractivity contribution is -0.119. The maximum atomic E-state index is 13.5. The Balaban J connectivity index is 2.61. The third-order valence-corrected chi connectivity index (χ3v) is 2.76. The minimum atomic E-state index is -2.24. The Hall–Kier alpha value is -2.00. The highest BCUT2D eigenvalue weighted by Crippen LogP contribution is 2.12. The minimum absolute atomic E-state index is 0.0481. The first kappa shape index (κ1) is 15.1. The second-order valence-corrected chi connectivity index (χ2v) is 4.49. The van der Waals surface area contributed by atoms with Gasteiger partial charge in [-0.25, -0.2) is 13.6 Å². The number of nitrogens with zero attached hydrogens (tertiary/aromatic N) is 1. The van der Waals surface area contributed by atoms with Gasteiger partial charge in [0, 0.05) is 12.1 Å². The molecule has 0 aliphatic heterocycles. The van der Waals surface area contributed by atoms with Gasteiger partial charge in [0.1, 0.15) is 12.4 Å². The van der Waals surface area contributed by atoms with Crippen LogP contribution in [0.15, 0.2) is 28.1 Å². The Morgan fingerprint density at radius 2 is 2.16 bits per heavy atom. The van der Waals surface area contributed by atoms with E-state index in [2.05, 4.69) is 10.3 Å². The van der Waals surface area contributed by atoms with E-state index in [9.17, 15) is 13.4 Å². The lowest BCUT2D eigenvalue weighted by atomic mass is 10.2. The summed E-state index contributed by atoms with van der Waals surface area (Å²) in [6, 6.07) is 3.56. The maximum Gasteiger partial charge on any atom is 0.242 e. The molecule has 0 saturated carbocycles. The molecule has 19 heavy (non-hydrogen) atoms. The van der Waals surface area contributed by atoms with Crippen molar-refractivity contribution in [3.8, 4) is 0 Å². The van der Waals surface area contributed by atoms with Crippen LogP contribution in [-0.2, 0) is 22.4 Å². The molecule has 9 heteroatoms. The van der Waals surface area contributed by atoms with E-state index in [0.29, 0.717) is 0 Å². The third kappa shape index (κ3) is 5.02. The van der Waals surface area contributed by atoms with E-state index in [-0.39, 0.29) is 29.5 Å². The number of carbonyl (C=O) groups is 1. The lowest BCUT2D eigenvalue weighted by Gasteiger charge is -2.06.